The van der Waals surface area contributed by atoms with Crippen molar-refractivity contribution in [3.8, 4) is 0 Å². The van der Waals surface area contributed by atoms with Crippen LogP contribution in [0.3, 0.4) is 0 Å². The van der Waals surface area contributed by atoms with Crippen LogP contribution in [0.1, 0.15) is 61.4 Å². The Labute approximate surface area is 130 Å². The topological polar surface area (TPSA) is 70.5 Å². The van der Waals surface area contributed by atoms with Crippen molar-refractivity contribution in [2.24, 2.45) is 0 Å². The maximum Gasteiger partial charge on any atom is 0.305 e. The minimum atomic E-state index is -0.898. The molecule has 0 aliphatic heterocycles. The first-order chi connectivity index (χ1) is 9.54. The van der Waals surface area contributed by atoms with Crippen LogP contribution in [0.15, 0.2) is 0 Å². The molecular weight excluding hydrogens is 288 g/mol. The molecule has 0 saturated carbocycles. The summed E-state index contributed by atoms with van der Waals surface area (Å²) in [5, 5.41) is 9.74. The van der Waals surface area contributed by atoms with E-state index in [0.717, 1.165) is 10.7 Å². The van der Waals surface area contributed by atoms with Crippen LogP contribution in [0.25, 0.3) is 0 Å². The minimum absolute atomic E-state index is 0.0450. The Morgan fingerprint density at radius 1 is 1.33 bits per heavy atom. The van der Waals surface area contributed by atoms with Crippen LogP contribution in [0, 0.1) is 6.92 Å². The Kier molecular flexibility index (Phi) is 5.50. The third-order valence-corrected chi connectivity index (χ3v) is 4.65. The summed E-state index contributed by atoms with van der Waals surface area (Å²) in [4.78, 5) is 30.1. The smallest absolute Gasteiger partial charge is 0.305 e. The number of rotatable bonds is 5. The van der Waals surface area contributed by atoms with E-state index in [0.29, 0.717) is 4.88 Å². The second-order valence-electron chi connectivity index (χ2n) is 6.42. The highest BCUT2D eigenvalue weighted by molar-refractivity contribution is 7.14. The number of aliphatic carboxylic acids is 1. The zero-order valence-corrected chi connectivity index (χ0v) is 14.4. The molecule has 21 heavy (non-hydrogen) atoms. The van der Waals surface area contributed by atoms with Crippen LogP contribution in [-0.4, -0.2) is 39.5 Å². The maximum atomic E-state index is 12.7. The van der Waals surface area contributed by atoms with E-state index in [4.69, 9.17) is 5.11 Å². The number of hydrogen-bond donors (Lipinski definition) is 1. The first-order valence-electron chi connectivity index (χ1n) is 7.04. The molecule has 0 aliphatic rings. The van der Waals surface area contributed by atoms with Gasteiger partial charge in [-0.2, -0.15) is 0 Å². The summed E-state index contributed by atoms with van der Waals surface area (Å²) in [6, 6.07) is -0.0450. The van der Waals surface area contributed by atoms with Gasteiger partial charge in [-0.1, -0.05) is 20.8 Å². The number of amides is 1. The lowest BCUT2D eigenvalue weighted by Gasteiger charge is -2.25. The number of carbonyl (C=O) groups excluding carboxylic acids is 1. The van der Waals surface area contributed by atoms with E-state index < -0.39 is 5.97 Å². The fourth-order valence-corrected chi connectivity index (χ4v) is 2.94. The number of aromatic nitrogens is 1. The van der Waals surface area contributed by atoms with Crippen LogP contribution in [0.5, 0.6) is 0 Å². The molecule has 0 aliphatic carbocycles. The summed E-state index contributed by atoms with van der Waals surface area (Å²) < 4.78 is 0. The molecular formula is C15H24N2O3S. The number of hydrogen-bond acceptors (Lipinski definition) is 4. The molecule has 0 aromatic carbocycles. The Balaban J connectivity index is 3.04. The van der Waals surface area contributed by atoms with Gasteiger partial charge in [0.1, 0.15) is 4.88 Å². The van der Waals surface area contributed by atoms with Crippen molar-refractivity contribution in [1.29, 1.82) is 0 Å². The molecule has 1 rings (SSSR count). The highest BCUT2D eigenvalue weighted by Gasteiger charge is 2.27. The molecule has 1 N–H and O–H groups in total. The quantitative estimate of drug-likeness (QED) is 0.907. The van der Waals surface area contributed by atoms with Crippen LogP contribution < -0.4 is 0 Å². The zero-order chi connectivity index (χ0) is 16.4. The molecule has 0 fully saturated rings. The molecule has 0 unspecified atom stereocenters. The van der Waals surface area contributed by atoms with Gasteiger partial charge in [0.25, 0.3) is 5.91 Å². The fourth-order valence-electron chi connectivity index (χ4n) is 1.86. The van der Waals surface area contributed by atoms with Gasteiger partial charge in [-0.25, -0.2) is 4.98 Å². The van der Waals surface area contributed by atoms with Crippen molar-refractivity contribution in [2.45, 2.75) is 59.4 Å². The van der Waals surface area contributed by atoms with Crippen LogP contribution >= 0.6 is 11.3 Å². The standard InChI is InChI=1S/C15H24N2O3S/c1-9(2)17(8-7-11(18)19)13(20)12-10(3)16-14(21-12)15(4,5)6/h9H,7-8H2,1-6H3,(H,18,19). The molecule has 1 heterocycles. The lowest BCUT2D eigenvalue weighted by Crippen LogP contribution is -2.38. The van der Waals surface area contributed by atoms with E-state index in [1.807, 2.05) is 20.8 Å². The summed E-state index contributed by atoms with van der Waals surface area (Å²) in [6.07, 6.45) is -0.0477. The first-order valence-corrected chi connectivity index (χ1v) is 7.86. The van der Waals surface area contributed by atoms with Gasteiger partial charge in [-0.15, -0.1) is 11.3 Å². The monoisotopic (exact) mass is 312 g/mol. The van der Waals surface area contributed by atoms with E-state index in [-0.39, 0.29) is 30.3 Å². The third-order valence-electron chi connectivity index (χ3n) is 3.08. The molecule has 0 radical (unpaired) electrons. The Bertz CT molecular complexity index is 530. The molecule has 0 spiro atoms. The lowest BCUT2D eigenvalue weighted by atomic mass is 9.98. The largest absolute Gasteiger partial charge is 0.481 e. The van der Waals surface area contributed by atoms with E-state index in [9.17, 15) is 9.59 Å². The van der Waals surface area contributed by atoms with Crippen LogP contribution in [-0.2, 0) is 10.2 Å². The van der Waals surface area contributed by atoms with Gasteiger partial charge in [0.2, 0.25) is 0 Å². The average Bonchev–Trinajstić information content (AvgIpc) is 2.70. The highest BCUT2D eigenvalue weighted by Crippen LogP contribution is 2.30. The maximum absolute atomic E-state index is 12.7. The normalized spacial score (nSPS) is 11.8. The van der Waals surface area contributed by atoms with E-state index >= 15 is 0 Å². The number of thiazole rings is 1. The van der Waals surface area contributed by atoms with Crippen molar-refractivity contribution in [3.05, 3.63) is 15.6 Å². The lowest BCUT2D eigenvalue weighted by molar-refractivity contribution is -0.137. The predicted molar refractivity (Wildman–Crippen MR) is 84.0 cm³/mol. The molecule has 1 aromatic rings. The number of carboxylic acid groups (broad SMARTS) is 1. The van der Waals surface area contributed by atoms with Gasteiger partial charge in [0, 0.05) is 18.0 Å². The van der Waals surface area contributed by atoms with E-state index in [1.54, 1.807) is 4.90 Å². The molecule has 5 nitrogen and oxygen atoms in total. The molecule has 118 valence electrons. The highest BCUT2D eigenvalue weighted by atomic mass is 32.1. The molecule has 0 atom stereocenters. The van der Waals surface area contributed by atoms with Gasteiger partial charge in [-0.05, 0) is 20.8 Å². The first kappa shape index (κ1) is 17.6. The van der Waals surface area contributed by atoms with Gasteiger partial charge in [0.05, 0.1) is 17.1 Å². The second kappa shape index (κ2) is 6.56. The molecule has 0 bridgehead atoms. The van der Waals surface area contributed by atoms with Crippen LogP contribution in [0.4, 0.5) is 0 Å². The minimum Gasteiger partial charge on any atom is -0.481 e. The Morgan fingerprint density at radius 2 is 1.90 bits per heavy atom. The van der Waals surface area contributed by atoms with Crippen molar-refractivity contribution in [2.75, 3.05) is 6.54 Å². The van der Waals surface area contributed by atoms with Crippen molar-refractivity contribution < 1.29 is 14.7 Å². The van der Waals surface area contributed by atoms with Gasteiger partial charge >= 0.3 is 5.97 Å². The van der Waals surface area contributed by atoms with Crippen molar-refractivity contribution >= 4 is 23.2 Å². The number of carboxylic acids is 1. The van der Waals surface area contributed by atoms with E-state index in [1.165, 1.54) is 11.3 Å². The summed E-state index contributed by atoms with van der Waals surface area (Å²) in [7, 11) is 0. The van der Waals surface area contributed by atoms with Crippen molar-refractivity contribution in [1.82, 2.24) is 9.88 Å². The zero-order valence-electron chi connectivity index (χ0n) is 13.6. The fraction of sp³-hybridized carbons (Fsp3) is 0.667. The van der Waals surface area contributed by atoms with Gasteiger partial charge < -0.3 is 10.0 Å². The summed E-state index contributed by atoms with van der Waals surface area (Å²) in [5.74, 6) is -1.03. The van der Waals surface area contributed by atoms with Crippen molar-refractivity contribution in [3.63, 3.8) is 0 Å². The third kappa shape index (κ3) is 4.52. The van der Waals surface area contributed by atoms with Gasteiger partial charge in [0.15, 0.2) is 0 Å². The summed E-state index contributed by atoms with van der Waals surface area (Å²) in [6.45, 7) is 12.0. The van der Waals surface area contributed by atoms with Crippen LogP contribution in [0.2, 0.25) is 0 Å². The number of aryl methyl sites for hydroxylation is 1. The molecule has 6 heteroatoms. The summed E-state index contributed by atoms with van der Waals surface area (Å²) >= 11 is 1.40. The van der Waals surface area contributed by atoms with Gasteiger partial charge in [-0.3, -0.25) is 9.59 Å². The molecule has 1 amide bonds. The average molecular weight is 312 g/mol. The molecule has 1 aromatic heterocycles. The SMILES string of the molecule is Cc1nc(C(C)(C)C)sc1C(=O)N(CCC(=O)O)C(C)C. The second-order valence-corrected chi connectivity index (χ2v) is 7.42. The number of carbonyl (C=O) groups is 2. The molecule has 0 saturated heterocycles. The predicted octanol–water partition coefficient (Wildman–Crippen LogP) is 3.07. The Hall–Kier alpha value is -1.43. The Morgan fingerprint density at radius 3 is 2.29 bits per heavy atom. The van der Waals surface area contributed by atoms with E-state index in [2.05, 4.69) is 25.8 Å². The number of nitrogens with zero attached hydrogens (tertiary/aromatic N) is 2. The summed E-state index contributed by atoms with van der Waals surface area (Å²) in [5.41, 5.74) is 0.619.